The largest absolute Gasteiger partial charge is 0.398 e. The van der Waals surface area contributed by atoms with Gasteiger partial charge < -0.3 is 5.73 Å². The van der Waals surface area contributed by atoms with Crippen molar-refractivity contribution >= 4 is 27.0 Å². The van der Waals surface area contributed by atoms with Crippen molar-refractivity contribution in [3.8, 4) is 0 Å². The predicted octanol–water partition coefficient (Wildman–Crippen LogP) is 2.29. The Hall–Kier alpha value is -0.590. The number of hydrogen-bond donors (Lipinski definition) is 2. The summed E-state index contributed by atoms with van der Waals surface area (Å²) >= 11 is 1.15. The molecular weight excluding hydrogens is 268 g/mol. The lowest BCUT2D eigenvalue weighted by Gasteiger charge is -2.05. The number of hydrogen-bond acceptors (Lipinski definition) is 4. The Kier molecular flexibility index (Phi) is 3.04. The first-order chi connectivity index (χ1) is 8.09. The van der Waals surface area contributed by atoms with Crippen LogP contribution < -0.4 is 10.5 Å². The second-order valence-electron chi connectivity index (χ2n) is 6.05. The molecule has 0 spiro atoms. The van der Waals surface area contributed by atoms with Gasteiger partial charge in [-0.15, -0.1) is 11.3 Å². The van der Waals surface area contributed by atoms with E-state index in [0.717, 1.165) is 11.3 Å². The standard InChI is InChI=1S/C12H20N2O2S2/c1-11(2)9(12(11,3)4)6-14-18(15,16)10-5-8(13)7-17-10/h5,7,9,14H,6,13H2,1-4H3. The summed E-state index contributed by atoms with van der Waals surface area (Å²) in [5, 5.41) is 1.64. The highest BCUT2D eigenvalue weighted by Crippen LogP contribution is 2.67. The zero-order chi connectivity index (χ0) is 13.8. The number of rotatable bonds is 4. The van der Waals surface area contributed by atoms with E-state index in [1.54, 1.807) is 5.38 Å². The maximum absolute atomic E-state index is 12.0. The van der Waals surface area contributed by atoms with Crippen molar-refractivity contribution in [2.24, 2.45) is 16.7 Å². The number of sulfonamides is 1. The van der Waals surface area contributed by atoms with Gasteiger partial charge in [-0.2, -0.15) is 0 Å². The van der Waals surface area contributed by atoms with E-state index in [-0.39, 0.29) is 15.0 Å². The maximum Gasteiger partial charge on any atom is 0.250 e. The Morgan fingerprint density at radius 3 is 2.28 bits per heavy atom. The van der Waals surface area contributed by atoms with E-state index < -0.39 is 10.0 Å². The van der Waals surface area contributed by atoms with E-state index in [1.165, 1.54) is 6.07 Å². The lowest BCUT2D eigenvalue weighted by atomic mass is 10.0. The van der Waals surface area contributed by atoms with E-state index in [4.69, 9.17) is 5.73 Å². The van der Waals surface area contributed by atoms with Crippen LogP contribution in [-0.4, -0.2) is 15.0 Å². The molecule has 1 aromatic heterocycles. The van der Waals surface area contributed by atoms with Crippen molar-refractivity contribution in [2.75, 3.05) is 12.3 Å². The minimum Gasteiger partial charge on any atom is -0.398 e. The van der Waals surface area contributed by atoms with E-state index in [9.17, 15) is 8.42 Å². The fourth-order valence-electron chi connectivity index (χ4n) is 2.58. The number of nitrogen functional groups attached to an aromatic ring is 1. The molecule has 18 heavy (non-hydrogen) atoms. The fourth-order valence-corrected chi connectivity index (χ4v) is 4.75. The molecule has 0 radical (unpaired) electrons. The molecule has 6 heteroatoms. The monoisotopic (exact) mass is 288 g/mol. The lowest BCUT2D eigenvalue weighted by molar-refractivity contribution is 0.457. The van der Waals surface area contributed by atoms with Crippen molar-refractivity contribution in [1.82, 2.24) is 4.72 Å². The van der Waals surface area contributed by atoms with Gasteiger partial charge in [0.2, 0.25) is 10.0 Å². The molecule has 0 bridgehead atoms. The number of nitrogens with two attached hydrogens (primary N) is 1. The molecule has 0 amide bonds. The van der Waals surface area contributed by atoms with Crippen LogP contribution in [0.3, 0.4) is 0 Å². The molecule has 1 aromatic rings. The third-order valence-corrected chi connectivity index (χ3v) is 7.54. The molecule has 1 fully saturated rings. The first kappa shape index (κ1) is 13.8. The number of nitrogens with one attached hydrogen (secondary N) is 1. The summed E-state index contributed by atoms with van der Waals surface area (Å²) in [6.45, 7) is 9.19. The van der Waals surface area contributed by atoms with Crippen molar-refractivity contribution in [3.05, 3.63) is 11.4 Å². The van der Waals surface area contributed by atoms with Crippen molar-refractivity contribution in [2.45, 2.75) is 31.9 Å². The van der Waals surface area contributed by atoms with Crippen LogP contribution >= 0.6 is 11.3 Å². The number of thiophene rings is 1. The zero-order valence-corrected chi connectivity index (χ0v) is 12.8. The van der Waals surface area contributed by atoms with E-state index in [0.29, 0.717) is 18.2 Å². The summed E-state index contributed by atoms with van der Waals surface area (Å²) in [5.41, 5.74) is 6.41. The minimum atomic E-state index is -3.41. The molecule has 0 atom stereocenters. The third-order valence-electron chi connectivity index (χ3n) is 4.66. The summed E-state index contributed by atoms with van der Waals surface area (Å²) < 4.78 is 27.1. The highest BCUT2D eigenvalue weighted by atomic mass is 32.2. The van der Waals surface area contributed by atoms with Crippen LogP contribution in [0.4, 0.5) is 5.69 Å². The van der Waals surface area contributed by atoms with Crippen LogP contribution in [0, 0.1) is 16.7 Å². The second-order valence-corrected chi connectivity index (χ2v) is 8.95. The van der Waals surface area contributed by atoms with Gasteiger partial charge in [-0.05, 0) is 22.8 Å². The van der Waals surface area contributed by atoms with Crippen LogP contribution in [0.1, 0.15) is 27.7 Å². The molecule has 0 unspecified atom stereocenters. The van der Waals surface area contributed by atoms with E-state index >= 15 is 0 Å². The van der Waals surface area contributed by atoms with Crippen LogP contribution in [-0.2, 0) is 10.0 Å². The van der Waals surface area contributed by atoms with Gasteiger partial charge in [-0.25, -0.2) is 13.1 Å². The maximum atomic E-state index is 12.0. The van der Waals surface area contributed by atoms with Gasteiger partial charge in [0.05, 0.1) is 0 Å². The van der Waals surface area contributed by atoms with Crippen LogP contribution in [0.5, 0.6) is 0 Å². The smallest absolute Gasteiger partial charge is 0.250 e. The summed E-state index contributed by atoms with van der Waals surface area (Å²) in [4.78, 5) is 0. The van der Waals surface area contributed by atoms with Crippen molar-refractivity contribution < 1.29 is 8.42 Å². The fraction of sp³-hybridized carbons (Fsp3) is 0.667. The normalized spacial score (nSPS) is 22.0. The summed E-state index contributed by atoms with van der Waals surface area (Å²) in [6, 6.07) is 1.50. The molecule has 1 aliphatic rings. The van der Waals surface area contributed by atoms with E-state index in [2.05, 4.69) is 32.4 Å². The van der Waals surface area contributed by atoms with Gasteiger partial charge in [0.15, 0.2) is 0 Å². The van der Waals surface area contributed by atoms with Crippen LogP contribution in [0.2, 0.25) is 0 Å². The van der Waals surface area contributed by atoms with Gasteiger partial charge in [-0.1, -0.05) is 27.7 Å². The van der Waals surface area contributed by atoms with Crippen LogP contribution in [0.25, 0.3) is 0 Å². The Labute approximate surface area is 113 Å². The summed E-state index contributed by atoms with van der Waals surface area (Å²) in [7, 11) is -3.41. The Bertz CT molecular complexity index is 544. The topological polar surface area (TPSA) is 72.2 Å². The molecule has 2 rings (SSSR count). The molecule has 0 aromatic carbocycles. The molecule has 3 N–H and O–H groups in total. The lowest BCUT2D eigenvalue weighted by Crippen LogP contribution is -2.26. The van der Waals surface area contributed by atoms with Crippen LogP contribution in [0.15, 0.2) is 15.7 Å². The van der Waals surface area contributed by atoms with Gasteiger partial charge in [0, 0.05) is 17.6 Å². The van der Waals surface area contributed by atoms with Gasteiger partial charge >= 0.3 is 0 Å². The summed E-state index contributed by atoms with van der Waals surface area (Å²) in [6.07, 6.45) is 0. The van der Waals surface area contributed by atoms with E-state index in [1.807, 2.05) is 0 Å². The quantitative estimate of drug-likeness (QED) is 0.893. The average molecular weight is 288 g/mol. The molecule has 1 saturated carbocycles. The molecular formula is C12H20N2O2S2. The van der Waals surface area contributed by atoms with Gasteiger partial charge in [0.25, 0.3) is 0 Å². The molecule has 1 heterocycles. The molecule has 0 aliphatic heterocycles. The molecule has 4 nitrogen and oxygen atoms in total. The molecule has 102 valence electrons. The SMILES string of the molecule is CC1(C)C(CNS(=O)(=O)c2cc(N)cs2)C1(C)C. The molecule has 1 aliphatic carbocycles. The highest BCUT2D eigenvalue weighted by Gasteiger charge is 2.64. The number of anilines is 1. The third kappa shape index (κ3) is 2.06. The second kappa shape index (κ2) is 3.95. The highest BCUT2D eigenvalue weighted by molar-refractivity contribution is 7.91. The predicted molar refractivity (Wildman–Crippen MR) is 75.0 cm³/mol. The average Bonchev–Trinajstić information content (AvgIpc) is 2.57. The first-order valence-corrected chi connectivity index (χ1v) is 8.29. The van der Waals surface area contributed by atoms with Crippen molar-refractivity contribution in [1.29, 1.82) is 0 Å². The zero-order valence-electron chi connectivity index (χ0n) is 11.1. The van der Waals surface area contributed by atoms with Gasteiger partial charge in [0.1, 0.15) is 4.21 Å². The molecule has 0 saturated heterocycles. The Morgan fingerprint density at radius 2 is 1.89 bits per heavy atom. The minimum absolute atomic E-state index is 0.185. The Balaban J connectivity index is 2.04. The summed E-state index contributed by atoms with van der Waals surface area (Å²) in [5.74, 6) is 0.372. The Morgan fingerprint density at radius 1 is 1.33 bits per heavy atom. The van der Waals surface area contributed by atoms with Crippen molar-refractivity contribution in [3.63, 3.8) is 0 Å². The van der Waals surface area contributed by atoms with Gasteiger partial charge in [-0.3, -0.25) is 0 Å². The first-order valence-electron chi connectivity index (χ1n) is 5.93.